The number of rotatable bonds is 5. The largest absolute Gasteiger partial charge is 0.369 e. The summed E-state index contributed by atoms with van der Waals surface area (Å²) in [5, 5.41) is 3.42. The summed E-state index contributed by atoms with van der Waals surface area (Å²) in [5.74, 6) is 1.80. The molecule has 1 fully saturated rings. The van der Waals surface area contributed by atoms with Crippen LogP contribution in [0, 0.1) is 12.3 Å². The Morgan fingerprint density at radius 3 is 2.87 bits per heavy atom. The summed E-state index contributed by atoms with van der Waals surface area (Å²) in [6.07, 6.45) is 7.18. The molecule has 3 heteroatoms. The highest BCUT2D eigenvalue weighted by Crippen LogP contribution is 2.49. The van der Waals surface area contributed by atoms with Gasteiger partial charge in [0.15, 0.2) is 0 Å². The number of hydrogen-bond acceptors (Lipinski definition) is 3. The fourth-order valence-electron chi connectivity index (χ4n) is 2.05. The molecule has 0 unspecified atom stereocenters. The van der Waals surface area contributed by atoms with E-state index in [0.717, 1.165) is 18.2 Å². The van der Waals surface area contributed by atoms with Crippen molar-refractivity contribution in [1.29, 1.82) is 0 Å². The number of hydrogen-bond donors (Lipinski definition) is 1. The molecule has 1 heterocycles. The molecule has 1 saturated carbocycles. The Hall–Kier alpha value is -1.12. The monoisotopic (exact) mass is 205 g/mol. The zero-order valence-electron chi connectivity index (χ0n) is 9.58. The average Bonchev–Trinajstić information content (AvgIpc) is 2.97. The van der Waals surface area contributed by atoms with Crippen LogP contribution in [0.15, 0.2) is 12.3 Å². The fourth-order valence-corrected chi connectivity index (χ4v) is 2.05. The molecule has 0 aliphatic heterocycles. The first kappa shape index (κ1) is 10.4. The molecule has 82 valence electrons. The van der Waals surface area contributed by atoms with Gasteiger partial charge in [-0.25, -0.2) is 9.97 Å². The minimum atomic E-state index is 0.577. The lowest BCUT2D eigenvalue weighted by atomic mass is 10.0. The average molecular weight is 205 g/mol. The van der Waals surface area contributed by atoms with Crippen molar-refractivity contribution in [2.75, 3.05) is 11.9 Å². The minimum absolute atomic E-state index is 0.577. The summed E-state index contributed by atoms with van der Waals surface area (Å²) in [6, 6.07) is 1.94. The zero-order chi connectivity index (χ0) is 10.7. The summed E-state index contributed by atoms with van der Waals surface area (Å²) in [6.45, 7) is 5.25. The predicted octanol–water partition coefficient (Wildman–Crippen LogP) is 2.78. The zero-order valence-corrected chi connectivity index (χ0v) is 9.58. The Morgan fingerprint density at radius 2 is 2.27 bits per heavy atom. The van der Waals surface area contributed by atoms with Gasteiger partial charge in [0.05, 0.1) is 0 Å². The number of nitrogens with one attached hydrogen (secondary N) is 1. The van der Waals surface area contributed by atoms with Crippen molar-refractivity contribution in [3.63, 3.8) is 0 Å². The van der Waals surface area contributed by atoms with E-state index in [0.29, 0.717) is 5.41 Å². The highest BCUT2D eigenvalue weighted by Gasteiger charge is 2.41. The van der Waals surface area contributed by atoms with Crippen LogP contribution in [-0.2, 0) is 0 Å². The Balaban J connectivity index is 1.88. The van der Waals surface area contributed by atoms with E-state index in [4.69, 9.17) is 0 Å². The van der Waals surface area contributed by atoms with E-state index in [2.05, 4.69) is 22.2 Å². The molecule has 0 amide bonds. The second kappa shape index (κ2) is 4.17. The molecule has 0 saturated heterocycles. The third-order valence-electron chi connectivity index (χ3n) is 3.16. The van der Waals surface area contributed by atoms with Crippen molar-refractivity contribution < 1.29 is 0 Å². The van der Waals surface area contributed by atoms with Crippen LogP contribution in [0.3, 0.4) is 0 Å². The van der Waals surface area contributed by atoms with Crippen LogP contribution in [0.4, 0.5) is 5.82 Å². The van der Waals surface area contributed by atoms with Crippen LogP contribution in [0.5, 0.6) is 0 Å². The molecule has 3 nitrogen and oxygen atoms in total. The first-order valence-electron chi connectivity index (χ1n) is 5.78. The molecular weight excluding hydrogens is 186 g/mol. The molecule has 0 atom stereocenters. The summed E-state index contributed by atoms with van der Waals surface area (Å²) in [5.41, 5.74) is 0.577. The molecule has 0 radical (unpaired) electrons. The molecule has 0 aromatic carbocycles. The second-order valence-corrected chi connectivity index (χ2v) is 4.59. The van der Waals surface area contributed by atoms with Gasteiger partial charge in [-0.1, -0.05) is 13.3 Å². The Kier molecular flexibility index (Phi) is 2.89. The van der Waals surface area contributed by atoms with Gasteiger partial charge < -0.3 is 5.32 Å². The summed E-state index contributed by atoms with van der Waals surface area (Å²) >= 11 is 0. The van der Waals surface area contributed by atoms with Gasteiger partial charge in [0.25, 0.3) is 0 Å². The molecule has 15 heavy (non-hydrogen) atoms. The summed E-state index contributed by atoms with van der Waals surface area (Å²) < 4.78 is 0. The molecule has 1 aromatic rings. The third-order valence-corrected chi connectivity index (χ3v) is 3.16. The topological polar surface area (TPSA) is 37.8 Å². The van der Waals surface area contributed by atoms with E-state index in [-0.39, 0.29) is 0 Å². The van der Waals surface area contributed by atoms with Crippen LogP contribution in [0.2, 0.25) is 0 Å². The Labute approximate surface area is 91.3 Å². The van der Waals surface area contributed by atoms with Gasteiger partial charge in [-0.15, -0.1) is 0 Å². The second-order valence-electron chi connectivity index (χ2n) is 4.59. The van der Waals surface area contributed by atoms with Gasteiger partial charge >= 0.3 is 0 Å². The molecule has 1 aliphatic rings. The van der Waals surface area contributed by atoms with Crippen molar-refractivity contribution in [2.45, 2.75) is 39.5 Å². The molecule has 0 spiro atoms. The summed E-state index contributed by atoms with van der Waals surface area (Å²) in [7, 11) is 0. The maximum Gasteiger partial charge on any atom is 0.129 e. The minimum Gasteiger partial charge on any atom is -0.369 e. The highest BCUT2D eigenvalue weighted by molar-refractivity contribution is 5.33. The van der Waals surface area contributed by atoms with E-state index in [1.165, 1.54) is 25.7 Å². The van der Waals surface area contributed by atoms with Gasteiger partial charge in [0.2, 0.25) is 0 Å². The number of anilines is 1. The smallest absolute Gasteiger partial charge is 0.129 e. The lowest BCUT2D eigenvalue weighted by Crippen LogP contribution is -2.16. The quantitative estimate of drug-likeness (QED) is 0.803. The fraction of sp³-hybridized carbons (Fsp3) is 0.667. The normalized spacial score (nSPS) is 17.5. The van der Waals surface area contributed by atoms with Crippen LogP contribution in [0.1, 0.15) is 38.4 Å². The van der Waals surface area contributed by atoms with E-state index < -0.39 is 0 Å². The Morgan fingerprint density at radius 1 is 1.47 bits per heavy atom. The van der Waals surface area contributed by atoms with E-state index in [9.17, 15) is 0 Å². The van der Waals surface area contributed by atoms with Gasteiger partial charge in [-0.05, 0) is 37.7 Å². The molecule has 0 bridgehead atoms. The van der Waals surface area contributed by atoms with Crippen molar-refractivity contribution in [3.05, 3.63) is 18.1 Å². The SMILES string of the molecule is CCCC1(CNc2ccnc(C)n2)CC1. The lowest BCUT2D eigenvalue weighted by Gasteiger charge is -2.15. The van der Waals surface area contributed by atoms with Crippen molar-refractivity contribution >= 4 is 5.82 Å². The maximum absolute atomic E-state index is 4.34. The van der Waals surface area contributed by atoms with E-state index in [1.807, 2.05) is 19.2 Å². The van der Waals surface area contributed by atoms with Crippen LogP contribution in [-0.4, -0.2) is 16.5 Å². The van der Waals surface area contributed by atoms with Crippen LogP contribution < -0.4 is 5.32 Å². The Bertz CT molecular complexity index is 331. The number of aryl methyl sites for hydroxylation is 1. The van der Waals surface area contributed by atoms with E-state index in [1.54, 1.807) is 0 Å². The van der Waals surface area contributed by atoms with Crippen LogP contribution >= 0.6 is 0 Å². The molecule has 2 rings (SSSR count). The molecular formula is C12H19N3. The van der Waals surface area contributed by atoms with Gasteiger partial charge in [0, 0.05) is 12.7 Å². The molecule has 1 aromatic heterocycles. The van der Waals surface area contributed by atoms with Crippen molar-refractivity contribution in [1.82, 2.24) is 9.97 Å². The lowest BCUT2D eigenvalue weighted by molar-refractivity contribution is 0.485. The predicted molar refractivity (Wildman–Crippen MR) is 61.8 cm³/mol. The summed E-state index contributed by atoms with van der Waals surface area (Å²) in [4.78, 5) is 8.43. The first-order chi connectivity index (χ1) is 7.24. The number of nitrogens with zero attached hydrogens (tertiary/aromatic N) is 2. The van der Waals surface area contributed by atoms with Crippen LogP contribution in [0.25, 0.3) is 0 Å². The molecule has 1 aliphatic carbocycles. The van der Waals surface area contributed by atoms with Gasteiger partial charge in [0.1, 0.15) is 11.6 Å². The van der Waals surface area contributed by atoms with Gasteiger partial charge in [-0.3, -0.25) is 0 Å². The standard InChI is InChI=1S/C12H19N3/c1-3-5-12(6-7-12)9-14-11-4-8-13-10(2)15-11/h4,8H,3,5-7,9H2,1-2H3,(H,13,14,15). The maximum atomic E-state index is 4.34. The van der Waals surface area contributed by atoms with Crippen molar-refractivity contribution in [2.24, 2.45) is 5.41 Å². The van der Waals surface area contributed by atoms with Gasteiger partial charge in [-0.2, -0.15) is 0 Å². The number of aromatic nitrogens is 2. The highest BCUT2D eigenvalue weighted by atomic mass is 15.0. The van der Waals surface area contributed by atoms with Crippen molar-refractivity contribution in [3.8, 4) is 0 Å². The molecule has 1 N–H and O–H groups in total. The first-order valence-corrected chi connectivity index (χ1v) is 5.78. The third kappa shape index (κ3) is 2.67. The van der Waals surface area contributed by atoms with E-state index >= 15 is 0 Å².